The second-order valence-corrected chi connectivity index (χ2v) is 9.06. The molecule has 0 spiro atoms. The van der Waals surface area contributed by atoms with Crippen molar-refractivity contribution in [2.75, 3.05) is 11.4 Å². The number of amides is 2. The number of benzodiazepines with no additional fused rings is 1. The first-order chi connectivity index (χ1) is 14.6. The molecule has 2 aromatic carbocycles. The molecule has 0 radical (unpaired) electrons. The highest BCUT2D eigenvalue weighted by atomic mass is 35.5. The van der Waals surface area contributed by atoms with Gasteiger partial charge in [0, 0.05) is 16.1 Å². The van der Waals surface area contributed by atoms with Crippen molar-refractivity contribution in [2.45, 2.75) is 26.3 Å². The van der Waals surface area contributed by atoms with Gasteiger partial charge in [-0.25, -0.2) is 9.86 Å². The SMILES string of the molecule is CC[C@H](C)[C@@H]1N=C(c2ccccc2)c2cc(Cl)ccc2N(CC(=O)NS(N)(=O)=O)C1=O. The molecule has 164 valence electrons. The second kappa shape index (κ2) is 9.17. The monoisotopic (exact) mass is 462 g/mol. The first-order valence-electron chi connectivity index (χ1n) is 9.68. The zero-order valence-corrected chi connectivity index (χ0v) is 18.7. The largest absolute Gasteiger partial charge is 0.300 e. The van der Waals surface area contributed by atoms with E-state index in [2.05, 4.69) is 0 Å². The van der Waals surface area contributed by atoms with Crippen molar-refractivity contribution in [3.05, 3.63) is 64.7 Å². The molecule has 0 saturated heterocycles. The smallest absolute Gasteiger partial charge is 0.298 e. The highest BCUT2D eigenvalue weighted by molar-refractivity contribution is 7.87. The lowest BCUT2D eigenvalue weighted by Gasteiger charge is -2.26. The fourth-order valence-corrected chi connectivity index (χ4v) is 3.95. The summed E-state index contributed by atoms with van der Waals surface area (Å²) in [6, 6.07) is 13.5. The fourth-order valence-electron chi connectivity index (χ4n) is 3.39. The summed E-state index contributed by atoms with van der Waals surface area (Å²) in [5, 5.41) is 5.35. The van der Waals surface area contributed by atoms with Crippen LogP contribution in [0, 0.1) is 5.92 Å². The number of benzene rings is 2. The Morgan fingerprint density at radius 1 is 1.26 bits per heavy atom. The summed E-state index contributed by atoms with van der Waals surface area (Å²) < 4.78 is 24.3. The summed E-state index contributed by atoms with van der Waals surface area (Å²) >= 11 is 6.25. The number of carbonyl (C=O) groups is 2. The van der Waals surface area contributed by atoms with E-state index < -0.39 is 34.6 Å². The lowest BCUT2D eigenvalue weighted by molar-refractivity contribution is -0.124. The van der Waals surface area contributed by atoms with Gasteiger partial charge >= 0.3 is 0 Å². The van der Waals surface area contributed by atoms with Gasteiger partial charge in [-0.2, -0.15) is 8.42 Å². The molecule has 0 unspecified atom stereocenters. The fraction of sp³-hybridized carbons (Fsp3) is 0.286. The minimum absolute atomic E-state index is 0.125. The number of nitrogens with two attached hydrogens (primary N) is 1. The van der Waals surface area contributed by atoms with Crippen LogP contribution in [0.1, 0.15) is 31.4 Å². The molecule has 1 aliphatic rings. The predicted molar refractivity (Wildman–Crippen MR) is 120 cm³/mol. The van der Waals surface area contributed by atoms with E-state index in [0.29, 0.717) is 28.4 Å². The number of rotatable bonds is 6. The first-order valence-corrected chi connectivity index (χ1v) is 11.6. The Labute approximate surface area is 186 Å². The molecule has 1 heterocycles. The molecule has 8 nitrogen and oxygen atoms in total. The standard InChI is InChI=1S/C21H23ClN4O4S/c1-3-13(2)19-21(28)26(12-18(27)25-31(23,29)30)17-10-9-15(22)11-16(17)20(24-19)14-7-5-4-6-8-14/h4-11,13,19H,3,12H2,1-2H3,(H,25,27)(H2,23,29,30)/t13-,19-/m0/s1. The van der Waals surface area contributed by atoms with Crippen LogP contribution >= 0.6 is 11.6 Å². The van der Waals surface area contributed by atoms with Gasteiger partial charge in [0.05, 0.1) is 11.4 Å². The van der Waals surface area contributed by atoms with Gasteiger partial charge in [0.25, 0.3) is 22.0 Å². The first kappa shape index (κ1) is 22.9. The van der Waals surface area contributed by atoms with E-state index in [1.807, 2.05) is 44.2 Å². The van der Waals surface area contributed by atoms with Crippen molar-refractivity contribution >= 4 is 45.0 Å². The highest BCUT2D eigenvalue weighted by Gasteiger charge is 2.35. The quantitative estimate of drug-likeness (QED) is 0.683. The molecule has 0 aliphatic carbocycles. The number of nitrogens with zero attached hydrogens (tertiary/aromatic N) is 2. The van der Waals surface area contributed by atoms with Gasteiger partial charge in [-0.1, -0.05) is 62.2 Å². The molecular formula is C21H23ClN4O4S. The van der Waals surface area contributed by atoms with E-state index in [9.17, 15) is 18.0 Å². The molecule has 3 N–H and O–H groups in total. The number of aliphatic imine (C=N–C) groups is 1. The van der Waals surface area contributed by atoms with Crippen LogP contribution in [-0.4, -0.2) is 38.5 Å². The van der Waals surface area contributed by atoms with E-state index >= 15 is 0 Å². The summed E-state index contributed by atoms with van der Waals surface area (Å²) in [7, 11) is -4.26. The second-order valence-electron chi connectivity index (χ2n) is 7.33. The maximum Gasteiger partial charge on any atom is 0.298 e. The molecule has 31 heavy (non-hydrogen) atoms. The van der Waals surface area contributed by atoms with E-state index in [1.54, 1.807) is 22.9 Å². The summed E-state index contributed by atoms with van der Waals surface area (Å²) in [5.41, 5.74) is 2.35. The summed E-state index contributed by atoms with van der Waals surface area (Å²) in [4.78, 5) is 31.9. The van der Waals surface area contributed by atoms with E-state index in [4.69, 9.17) is 21.7 Å². The molecule has 1 aliphatic heterocycles. The highest BCUT2D eigenvalue weighted by Crippen LogP contribution is 2.32. The number of anilines is 1. The normalized spacial score (nSPS) is 17.4. The number of hydrogen-bond donors (Lipinski definition) is 2. The van der Waals surface area contributed by atoms with Crippen LogP contribution in [0.25, 0.3) is 0 Å². The van der Waals surface area contributed by atoms with Crippen molar-refractivity contribution in [1.29, 1.82) is 0 Å². The van der Waals surface area contributed by atoms with Crippen molar-refractivity contribution in [2.24, 2.45) is 16.0 Å². The molecule has 3 rings (SSSR count). The third kappa shape index (κ3) is 5.30. The Morgan fingerprint density at radius 3 is 2.55 bits per heavy atom. The molecule has 0 bridgehead atoms. The van der Waals surface area contributed by atoms with E-state index in [-0.39, 0.29) is 5.92 Å². The van der Waals surface area contributed by atoms with Gasteiger partial charge in [-0.05, 0) is 24.1 Å². The van der Waals surface area contributed by atoms with Gasteiger partial charge in [0.1, 0.15) is 12.6 Å². The Morgan fingerprint density at radius 2 is 1.94 bits per heavy atom. The van der Waals surface area contributed by atoms with Gasteiger partial charge in [-0.3, -0.25) is 14.6 Å². The molecule has 0 saturated carbocycles. The van der Waals surface area contributed by atoms with Gasteiger partial charge < -0.3 is 4.90 Å². The Hall–Kier alpha value is -2.75. The molecule has 0 fully saturated rings. The van der Waals surface area contributed by atoms with Gasteiger partial charge in [-0.15, -0.1) is 0 Å². The van der Waals surface area contributed by atoms with Crippen LogP contribution in [0.3, 0.4) is 0 Å². The van der Waals surface area contributed by atoms with Crippen molar-refractivity contribution in [3.63, 3.8) is 0 Å². The van der Waals surface area contributed by atoms with Crippen LogP contribution < -0.4 is 14.8 Å². The van der Waals surface area contributed by atoms with Gasteiger partial charge in [0.2, 0.25) is 0 Å². The lowest BCUT2D eigenvalue weighted by Crippen LogP contribution is -2.48. The van der Waals surface area contributed by atoms with E-state index in [0.717, 1.165) is 5.56 Å². The third-order valence-electron chi connectivity index (χ3n) is 5.08. The summed E-state index contributed by atoms with van der Waals surface area (Å²) in [6.45, 7) is 3.32. The molecule has 10 heteroatoms. The topological polar surface area (TPSA) is 122 Å². The molecule has 0 aromatic heterocycles. The lowest BCUT2D eigenvalue weighted by atomic mass is 9.98. The number of fused-ring (bicyclic) bond motifs is 1. The van der Waals surface area contributed by atoms with Crippen LogP contribution in [-0.2, 0) is 19.8 Å². The van der Waals surface area contributed by atoms with Crippen LogP contribution in [0.5, 0.6) is 0 Å². The maximum absolute atomic E-state index is 13.5. The number of carbonyl (C=O) groups excluding carboxylic acids is 2. The zero-order chi connectivity index (χ0) is 22.8. The molecular weight excluding hydrogens is 440 g/mol. The predicted octanol–water partition coefficient (Wildman–Crippen LogP) is 2.26. The van der Waals surface area contributed by atoms with Crippen molar-refractivity contribution < 1.29 is 18.0 Å². The van der Waals surface area contributed by atoms with Gasteiger partial charge in [0.15, 0.2) is 0 Å². The molecule has 2 aromatic rings. The Kier molecular flexibility index (Phi) is 6.78. The molecule has 2 atom stereocenters. The zero-order valence-electron chi connectivity index (χ0n) is 17.1. The van der Waals surface area contributed by atoms with Crippen LogP contribution in [0.15, 0.2) is 53.5 Å². The minimum atomic E-state index is -4.26. The average Bonchev–Trinajstić information content (AvgIpc) is 2.82. The Balaban J connectivity index is 2.19. The Bertz CT molecular complexity index is 1140. The minimum Gasteiger partial charge on any atom is -0.300 e. The van der Waals surface area contributed by atoms with Crippen LogP contribution in [0.4, 0.5) is 5.69 Å². The maximum atomic E-state index is 13.5. The van der Waals surface area contributed by atoms with Crippen LogP contribution in [0.2, 0.25) is 5.02 Å². The van der Waals surface area contributed by atoms with E-state index in [1.165, 1.54) is 4.90 Å². The van der Waals surface area contributed by atoms with Crippen molar-refractivity contribution in [1.82, 2.24) is 4.72 Å². The average molecular weight is 463 g/mol. The number of halogens is 1. The summed E-state index contributed by atoms with van der Waals surface area (Å²) in [5.74, 6) is -1.46. The summed E-state index contributed by atoms with van der Waals surface area (Å²) in [6.07, 6.45) is 0.677. The number of nitrogens with one attached hydrogen (secondary N) is 1. The third-order valence-corrected chi connectivity index (χ3v) is 5.83. The van der Waals surface area contributed by atoms with Crippen molar-refractivity contribution in [3.8, 4) is 0 Å². The number of hydrogen-bond acceptors (Lipinski definition) is 5. The molecule has 2 amide bonds.